The lowest BCUT2D eigenvalue weighted by atomic mass is 9.85. The SMILES string of the molecule is CCCCC(F)(F)C(=O)CC[C@H]1[C@H](O)CC(=O)[C@@H]1CCCCCCCC(=O)OC. The monoisotopic (exact) mass is 418 g/mol. The van der Waals surface area contributed by atoms with E-state index in [0.717, 1.165) is 32.1 Å². The Kier molecular flexibility index (Phi) is 11.5. The van der Waals surface area contributed by atoms with Gasteiger partial charge in [0.15, 0.2) is 0 Å². The lowest BCUT2D eigenvalue weighted by Crippen LogP contribution is -2.30. The fourth-order valence-corrected chi connectivity index (χ4v) is 4.07. The molecule has 29 heavy (non-hydrogen) atoms. The first-order valence-corrected chi connectivity index (χ1v) is 10.9. The topological polar surface area (TPSA) is 80.7 Å². The first-order valence-electron chi connectivity index (χ1n) is 10.9. The number of ketones is 2. The molecule has 0 aromatic carbocycles. The number of hydrogen-bond donors (Lipinski definition) is 1. The van der Waals surface area contributed by atoms with Gasteiger partial charge in [-0.1, -0.05) is 39.0 Å². The molecular weight excluding hydrogens is 382 g/mol. The number of alkyl halides is 2. The summed E-state index contributed by atoms with van der Waals surface area (Å²) in [4.78, 5) is 35.2. The van der Waals surface area contributed by atoms with E-state index in [9.17, 15) is 28.3 Å². The average Bonchev–Trinajstić information content (AvgIpc) is 2.95. The summed E-state index contributed by atoms with van der Waals surface area (Å²) < 4.78 is 32.3. The molecule has 0 unspecified atom stereocenters. The highest BCUT2D eigenvalue weighted by Gasteiger charge is 2.43. The van der Waals surface area contributed by atoms with E-state index in [1.54, 1.807) is 6.92 Å². The summed E-state index contributed by atoms with van der Waals surface area (Å²) in [6, 6.07) is 0. The molecule has 7 heteroatoms. The van der Waals surface area contributed by atoms with E-state index < -0.39 is 30.1 Å². The van der Waals surface area contributed by atoms with E-state index >= 15 is 0 Å². The van der Waals surface area contributed by atoms with Crippen LogP contribution in [0.1, 0.15) is 90.4 Å². The maximum absolute atomic E-state index is 13.9. The molecule has 0 aromatic heterocycles. The third-order valence-electron chi connectivity index (χ3n) is 5.92. The molecule has 3 atom stereocenters. The minimum absolute atomic E-state index is 0.0293. The van der Waals surface area contributed by atoms with Crippen LogP contribution in [0.15, 0.2) is 0 Å². The molecule has 0 aromatic rings. The van der Waals surface area contributed by atoms with Crippen molar-refractivity contribution in [1.29, 1.82) is 0 Å². The van der Waals surface area contributed by atoms with Gasteiger partial charge in [0.1, 0.15) is 5.78 Å². The van der Waals surface area contributed by atoms with Crippen molar-refractivity contribution in [3.63, 3.8) is 0 Å². The van der Waals surface area contributed by atoms with Crippen LogP contribution < -0.4 is 0 Å². The van der Waals surface area contributed by atoms with Gasteiger partial charge in [-0.05, 0) is 31.6 Å². The van der Waals surface area contributed by atoms with Gasteiger partial charge in [0.25, 0.3) is 0 Å². The molecule has 0 spiro atoms. The second-order valence-corrected chi connectivity index (χ2v) is 8.16. The van der Waals surface area contributed by atoms with Crippen molar-refractivity contribution in [2.75, 3.05) is 7.11 Å². The zero-order valence-corrected chi connectivity index (χ0v) is 17.8. The number of carbonyl (C=O) groups is 3. The van der Waals surface area contributed by atoms with Crippen LogP contribution in [0.25, 0.3) is 0 Å². The summed E-state index contributed by atoms with van der Waals surface area (Å²) in [6.45, 7) is 1.80. The molecule has 0 aliphatic heterocycles. The summed E-state index contributed by atoms with van der Waals surface area (Å²) in [6.07, 6.45) is 4.84. The van der Waals surface area contributed by atoms with Crippen molar-refractivity contribution in [3.8, 4) is 0 Å². The molecule has 1 N–H and O–H groups in total. The molecule has 0 heterocycles. The predicted octanol–water partition coefficient (Wildman–Crippen LogP) is 4.63. The Morgan fingerprint density at radius 3 is 2.38 bits per heavy atom. The lowest BCUT2D eigenvalue weighted by molar-refractivity contribution is -0.144. The molecule has 1 aliphatic carbocycles. The second-order valence-electron chi connectivity index (χ2n) is 8.16. The largest absolute Gasteiger partial charge is 0.469 e. The fraction of sp³-hybridized carbons (Fsp3) is 0.864. The zero-order valence-electron chi connectivity index (χ0n) is 17.8. The Bertz CT molecular complexity index is 535. The highest BCUT2D eigenvalue weighted by atomic mass is 19.3. The van der Waals surface area contributed by atoms with Gasteiger partial charge in [-0.3, -0.25) is 14.4 Å². The fourth-order valence-electron chi connectivity index (χ4n) is 4.07. The van der Waals surface area contributed by atoms with Crippen molar-refractivity contribution in [1.82, 2.24) is 0 Å². The summed E-state index contributed by atoms with van der Waals surface area (Å²) in [5, 5.41) is 10.2. The van der Waals surface area contributed by atoms with Gasteiger partial charge in [0, 0.05) is 31.6 Å². The van der Waals surface area contributed by atoms with Gasteiger partial charge < -0.3 is 9.84 Å². The van der Waals surface area contributed by atoms with Crippen LogP contribution in [0.5, 0.6) is 0 Å². The molecule has 5 nitrogen and oxygen atoms in total. The number of esters is 1. The Morgan fingerprint density at radius 1 is 1.07 bits per heavy atom. The van der Waals surface area contributed by atoms with E-state index in [0.29, 0.717) is 25.7 Å². The Hall–Kier alpha value is -1.37. The van der Waals surface area contributed by atoms with E-state index in [4.69, 9.17) is 0 Å². The minimum Gasteiger partial charge on any atom is -0.469 e. The first-order chi connectivity index (χ1) is 13.7. The van der Waals surface area contributed by atoms with E-state index in [-0.39, 0.29) is 36.9 Å². The van der Waals surface area contributed by atoms with Crippen LogP contribution in [-0.4, -0.2) is 41.8 Å². The molecular formula is C22H36F2O5. The normalized spacial score (nSPS) is 22.1. The number of unbranched alkanes of at least 4 members (excludes halogenated alkanes) is 5. The number of methoxy groups -OCH3 is 1. The van der Waals surface area contributed by atoms with Gasteiger partial charge >= 0.3 is 11.9 Å². The van der Waals surface area contributed by atoms with Crippen molar-refractivity contribution in [3.05, 3.63) is 0 Å². The molecule has 1 fully saturated rings. The molecule has 0 bridgehead atoms. The number of halogens is 2. The average molecular weight is 419 g/mol. The number of hydrogen-bond acceptors (Lipinski definition) is 5. The molecule has 1 rings (SSSR count). The van der Waals surface area contributed by atoms with Crippen LogP contribution in [-0.2, 0) is 19.1 Å². The smallest absolute Gasteiger partial charge is 0.305 e. The van der Waals surface area contributed by atoms with Crippen molar-refractivity contribution in [2.24, 2.45) is 11.8 Å². The molecule has 1 aliphatic rings. The molecule has 0 saturated heterocycles. The maximum atomic E-state index is 13.9. The van der Waals surface area contributed by atoms with Crippen LogP contribution in [0.4, 0.5) is 8.78 Å². The molecule has 0 amide bonds. The summed E-state index contributed by atoms with van der Waals surface area (Å²) in [5.41, 5.74) is 0. The molecule has 1 saturated carbocycles. The van der Waals surface area contributed by atoms with Gasteiger partial charge in [-0.2, -0.15) is 8.78 Å². The number of rotatable bonds is 15. The maximum Gasteiger partial charge on any atom is 0.305 e. The van der Waals surface area contributed by atoms with Crippen molar-refractivity contribution >= 4 is 17.5 Å². The van der Waals surface area contributed by atoms with Crippen molar-refractivity contribution < 1.29 is 33.0 Å². The van der Waals surface area contributed by atoms with Crippen LogP contribution in [0, 0.1) is 11.8 Å². The number of Topliss-reactive ketones (excluding diaryl/α,β-unsaturated/α-hetero) is 2. The summed E-state index contributed by atoms with van der Waals surface area (Å²) >= 11 is 0. The van der Waals surface area contributed by atoms with E-state index in [1.165, 1.54) is 7.11 Å². The van der Waals surface area contributed by atoms with Gasteiger partial charge in [0.05, 0.1) is 13.2 Å². The highest BCUT2D eigenvalue weighted by molar-refractivity contribution is 5.86. The summed E-state index contributed by atoms with van der Waals surface area (Å²) in [7, 11) is 1.37. The Balaban J connectivity index is 2.38. The van der Waals surface area contributed by atoms with Crippen LogP contribution >= 0.6 is 0 Å². The van der Waals surface area contributed by atoms with Gasteiger partial charge in [-0.15, -0.1) is 0 Å². The zero-order chi connectivity index (χ0) is 21.9. The van der Waals surface area contributed by atoms with E-state index in [1.807, 2.05) is 0 Å². The van der Waals surface area contributed by atoms with Gasteiger partial charge in [-0.25, -0.2) is 0 Å². The first kappa shape index (κ1) is 25.7. The van der Waals surface area contributed by atoms with Crippen LogP contribution in [0.3, 0.4) is 0 Å². The number of aliphatic hydroxyl groups is 1. The van der Waals surface area contributed by atoms with E-state index in [2.05, 4.69) is 4.74 Å². The van der Waals surface area contributed by atoms with Gasteiger partial charge in [0.2, 0.25) is 5.78 Å². The Morgan fingerprint density at radius 2 is 1.72 bits per heavy atom. The second kappa shape index (κ2) is 13.0. The number of aliphatic hydroxyl groups excluding tert-OH is 1. The third kappa shape index (κ3) is 8.89. The molecule has 168 valence electrons. The van der Waals surface area contributed by atoms with Crippen molar-refractivity contribution in [2.45, 2.75) is 102 Å². The predicted molar refractivity (Wildman–Crippen MR) is 106 cm³/mol. The number of ether oxygens (including phenoxy) is 1. The standard InChI is InChI=1S/C22H36F2O5/c1-3-4-14-22(23,24)20(27)13-12-17-16(18(25)15-19(17)26)10-8-6-5-7-9-11-21(28)29-2/h16-17,19,26H,3-15H2,1-2H3/t16-,17-,19-/m1/s1. The molecule has 0 radical (unpaired) electrons. The highest BCUT2D eigenvalue weighted by Crippen LogP contribution is 2.37. The minimum atomic E-state index is -3.32. The number of carbonyl (C=O) groups excluding carboxylic acids is 3. The van der Waals surface area contributed by atoms with Crippen LogP contribution in [0.2, 0.25) is 0 Å². The Labute approximate surface area is 172 Å². The quantitative estimate of drug-likeness (QED) is 0.310. The lowest BCUT2D eigenvalue weighted by Gasteiger charge is -2.22. The summed E-state index contributed by atoms with van der Waals surface area (Å²) in [5.74, 6) is -5.40. The third-order valence-corrected chi connectivity index (χ3v) is 5.92.